The average Bonchev–Trinajstić information content (AvgIpc) is 3.16. The number of carboxylic acid groups (broad SMARTS) is 1. The molecule has 0 unspecified atom stereocenters. The number of aliphatic carboxylic acids is 1. The van der Waals surface area contributed by atoms with Crippen LogP contribution in [0.25, 0.3) is 0 Å². The predicted octanol–water partition coefficient (Wildman–Crippen LogP) is 3.50. The topological polar surface area (TPSA) is 67.8 Å². The van der Waals surface area contributed by atoms with Crippen molar-refractivity contribution in [2.75, 3.05) is 19.8 Å². The molecule has 5 heteroatoms. The van der Waals surface area contributed by atoms with E-state index < -0.39 is 5.97 Å². The number of rotatable bonds is 5. The molecule has 0 saturated heterocycles. The highest BCUT2D eigenvalue weighted by Crippen LogP contribution is 2.44. The minimum absolute atomic E-state index is 0.147. The lowest BCUT2D eigenvalue weighted by atomic mass is 9.77. The average molecular weight is 359 g/mol. The third-order valence-corrected chi connectivity index (χ3v) is 6.52. The van der Waals surface area contributed by atoms with Crippen LogP contribution in [0.4, 0.5) is 0 Å². The highest BCUT2D eigenvalue weighted by molar-refractivity contribution is 5.70. The van der Waals surface area contributed by atoms with Crippen molar-refractivity contribution in [3.63, 3.8) is 0 Å². The summed E-state index contributed by atoms with van der Waals surface area (Å²) in [6.45, 7) is 2.21. The maximum Gasteiger partial charge on any atom is 0.306 e. The van der Waals surface area contributed by atoms with E-state index in [0.29, 0.717) is 19.3 Å². The Morgan fingerprint density at radius 1 is 1.08 bits per heavy atom. The number of ether oxygens (including phenoxy) is 2. The van der Waals surface area contributed by atoms with E-state index in [9.17, 15) is 9.90 Å². The second kappa shape index (κ2) is 7.47. The largest absolute Gasteiger partial charge is 0.486 e. The van der Waals surface area contributed by atoms with E-state index in [0.717, 1.165) is 43.7 Å². The zero-order valence-electron chi connectivity index (χ0n) is 15.3. The van der Waals surface area contributed by atoms with Gasteiger partial charge in [0.15, 0.2) is 11.5 Å². The van der Waals surface area contributed by atoms with E-state index in [2.05, 4.69) is 23.5 Å². The van der Waals surface area contributed by atoms with Crippen LogP contribution in [0.3, 0.4) is 0 Å². The summed E-state index contributed by atoms with van der Waals surface area (Å²) < 4.78 is 11.5. The monoisotopic (exact) mass is 359 g/mol. The quantitative estimate of drug-likeness (QED) is 0.842. The van der Waals surface area contributed by atoms with Crippen LogP contribution in [0.15, 0.2) is 18.2 Å². The van der Waals surface area contributed by atoms with Gasteiger partial charge in [0, 0.05) is 18.0 Å². The van der Waals surface area contributed by atoms with Crippen molar-refractivity contribution in [3.05, 3.63) is 23.8 Å². The number of benzene rings is 1. The van der Waals surface area contributed by atoms with E-state index in [1.165, 1.54) is 31.2 Å². The summed E-state index contributed by atoms with van der Waals surface area (Å²) in [5.74, 6) is 0.952. The molecule has 26 heavy (non-hydrogen) atoms. The number of carbonyl (C=O) groups is 1. The van der Waals surface area contributed by atoms with Crippen molar-refractivity contribution >= 4 is 5.97 Å². The summed E-state index contributed by atoms with van der Waals surface area (Å²) in [7, 11) is 0. The lowest BCUT2D eigenvalue weighted by molar-refractivity contribution is -0.142. The van der Waals surface area contributed by atoms with Crippen LogP contribution in [0.1, 0.15) is 56.9 Å². The summed E-state index contributed by atoms with van der Waals surface area (Å²) >= 11 is 0. The highest BCUT2D eigenvalue weighted by atomic mass is 16.6. The van der Waals surface area contributed by atoms with Gasteiger partial charge in [-0.2, -0.15) is 0 Å². The van der Waals surface area contributed by atoms with Gasteiger partial charge in [0.2, 0.25) is 0 Å². The fourth-order valence-electron chi connectivity index (χ4n) is 4.88. The van der Waals surface area contributed by atoms with Crippen molar-refractivity contribution in [2.24, 2.45) is 5.92 Å². The predicted molar refractivity (Wildman–Crippen MR) is 99.0 cm³/mol. The maximum atomic E-state index is 11.1. The first-order chi connectivity index (χ1) is 12.7. The van der Waals surface area contributed by atoms with Gasteiger partial charge in [0.1, 0.15) is 13.2 Å². The molecule has 2 saturated carbocycles. The van der Waals surface area contributed by atoms with Crippen LogP contribution in [0.5, 0.6) is 11.5 Å². The Hall–Kier alpha value is -1.75. The van der Waals surface area contributed by atoms with Crippen molar-refractivity contribution in [1.29, 1.82) is 0 Å². The van der Waals surface area contributed by atoms with Gasteiger partial charge in [0.05, 0.1) is 5.92 Å². The van der Waals surface area contributed by atoms with Gasteiger partial charge in [-0.05, 0) is 56.2 Å². The first-order valence-corrected chi connectivity index (χ1v) is 10.0. The molecule has 5 nitrogen and oxygen atoms in total. The van der Waals surface area contributed by atoms with E-state index in [1.54, 1.807) is 0 Å². The molecule has 0 spiro atoms. The van der Waals surface area contributed by atoms with Crippen LogP contribution in [0, 0.1) is 5.92 Å². The molecule has 0 amide bonds. The van der Waals surface area contributed by atoms with Gasteiger partial charge in [-0.25, -0.2) is 0 Å². The van der Waals surface area contributed by atoms with Crippen LogP contribution in [0.2, 0.25) is 0 Å². The van der Waals surface area contributed by atoms with Crippen molar-refractivity contribution < 1.29 is 19.4 Å². The Labute approximate surface area is 155 Å². The first-order valence-electron chi connectivity index (χ1n) is 10.0. The fourth-order valence-corrected chi connectivity index (χ4v) is 4.88. The van der Waals surface area contributed by atoms with Crippen molar-refractivity contribution in [3.8, 4) is 11.5 Å². The number of carboxylic acids is 1. The third kappa shape index (κ3) is 3.54. The summed E-state index contributed by atoms with van der Waals surface area (Å²) in [6.07, 6.45) is 8.45. The Balaban J connectivity index is 1.43. The Morgan fingerprint density at radius 3 is 2.46 bits per heavy atom. The molecule has 1 aliphatic heterocycles. The smallest absolute Gasteiger partial charge is 0.306 e. The minimum Gasteiger partial charge on any atom is -0.486 e. The number of fused-ring (bicyclic) bond motifs is 1. The zero-order chi connectivity index (χ0) is 18.0. The molecule has 2 aliphatic carbocycles. The van der Waals surface area contributed by atoms with E-state index in [-0.39, 0.29) is 11.3 Å². The SMILES string of the molecule is O=C(O)C1CCC(NCC2(c3ccc4c(c3)OCCO4)CCCC2)CC1. The lowest BCUT2D eigenvalue weighted by Crippen LogP contribution is -2.43. The number of hydrogen-bond donors (Lipinski definition) is 2. The Bertz CT molecular complexity index is 645. The van der Waals surface area contributed by atoms with Gasteiger partial charge in [-0.15, -0.1) is 0 Å². The molecule has 4 rings (SSSR count). The molecule has 1 aromatic rings. The molecular formula is C21H29NO4. The molecule has 0 aromatic heterocycles. The van der Waals surface area contributed by atoms with Crippen LogP contribution < -0.4 is 14.8 Å². The molecular weight excluding hydrogens is 330 g/mol. The summed E-state index contributed by atoms with van der Waals surface area (Å²) in [6, 6.07) is 6.90. The summed E-state index contributed by atoms with van der Waals surface area (Å²) in [5, 5.41) is 12.9. The van der Waals surface area contributed by atoms with Crippen LogP contribution >= 0.6 is 0 Å². The molecule has 2 N–H and O–H groups in total. The maximum absolute atomic E-state index is 11.1. The summed E-state index contributed by atoms with van der Waals surface area (Å²) in [5.41, 5.74) is 1.52. The third-order valence-electron chi connectivity index (χ3n) is 6.52. The highest BCUT2D eigenvalue weighted by Gasteiger charge is 2.37. The molecule has 142 valence electrons. The van der Waals surface area contributed by atoms with Crippen LogP contribution in [-0.2, 0) is 10.2 Å². The number of nitrogens with one attached hydrogen (secondary N) is 1. The fraction of sp³-hybridized carbons (Fsp3) is 0.667. The van der Waals surface area contributed by atoms with Gasteiger partial charge in [-0.3, -0.25) is 4.79 Å². The second-order valence-corrected chi connectivity index (χ2v) is 8.11. The zero-order valence-corrected chi connectivity index (χ0v) is 15.3. The van der Waals surface area contributed by atoms with E-state index in [4.69, 9.17) is 9.47 Å². The van der Waals surface area contributed by atoms with Gasteiger partial charge < -0.3 is 19.9 Å². The molecule has 0 atom stereocenters. The van der Waals surface area contributed by atoms with Crippen LogP contribution in [-0.4, -0.2) is 36.9 Å². The molecule has 3 aliphatic rings. The van der Waals surface area contributed by atoms with Gasteiger partial charge in [-0.1, -0.05) is 18.9 Å². The van der Waals surface area contributed by atoms with Crippen molar-refractivity contribution in [1.82, 2.24) is 5.32 Å². The van der Waals surface area contributed by atoms with Crippen molar-refractivity contribution in [2.45, 2.75) is 62.8 Å². The van der Waals surface area contributed by atoms with E-state index in [1.807, 2.05) is 0 Å². The molecule has 2 fully saturated rings. The number of hydrogen-bond acceptors (Lipinski definition) is 4. The Morgan fingerprint density at radius 2 is 1.77 bits per heavy atom. The van der Waals surface area contributed by atoms with E-state index >= 15 is 0 Å². The standard InChI is InChI=1S/C21H29NO4/c23-20(24)15-3-6-17(7-4-15)22-14-21(9-1-2-10-21)16-5-8-18-19(13-16)26-12-11-25-18/h5,8,13,15,17,22H,1-4,6-7,9-12,14H2,(H,23,24). The lowest BCUT2D eigenvalue weighted by Gasteiger charge is -2.35. The molecule has 1 heterocycles. The molecule has 1 aromatic carbocycles. The van der Waals surface area contributed by atoms with Gasteiger partial charge >= 0.3 is 5.97 Å². The first kappa shape index (κ1) is 17.7. The normalized spacial score (nSPS) is 27.2. The summed E-state index contributed by atoms with van der Waals surface area (Å²) in [4.78, 5) is 11.1. The van der Waals surface area contributed by atoms with Gasteiger partial charge in [0.25, 0.3) is 0 Å². The molecule has 0 bridgehead atoms. The Kier molecular flexibility index (Phi) is 5.07. The molecule has 0 radical (unpaired) electrons. The minimum atomic E-state index is -0.632. The second-order valence-electron chi connectivity index (χ2n) is 8.11.